The summed E-state index contributed by atoms with van der Waals surface area (Å²) in [6.45, 7) is 0.771. The minimum atomic E-state index is 0.361. The van der Waals surface area contributed by atoms with Crippen LogP contribution in [0.4, 0.5) is 5.82 Å². The van der Waals surface area contributed by atoms with Gasteiger partial charge >= 0.3 is 0 Å². The molecule has 0 aliphatic carbocycles. The molecule has 0 aromatic carbocycles. The van der Waals surface area contributed by atoms with E-state index in [4.69, 9.17) is 22.4 Å². The van der Waals surface area contributed by atoms with Gasteiger partial charge in [-0.3, -0.25) is 0 Å². The van der Waals surface area contributed by atoms with Gasteiger partial charge in [0.1, 0.15) is 16.6 Å². The zero-order valence-corrected chi connectivity index (χ0v) is 10.0. The summed E-state index contributed by atoms with van der Waals surface area (Å²) in [5.41, 5.74) is 6.26. The van der Waals surface area contributed by atoms with E-state index in [-0.39, 0.29) is 0 Å². The van der Waals surface area contributed by atoms with Gasteiger partial charge < -0.3 is 15.5 Å². The minimum Gasteiger partial charge on any atom is -0.469 e. The number of hydrogen-bond donors (Lipinski definition) is 2. The number of thiocarbonyl (C=S) groups is 1. The van der Waals surface area contributed by atoms with E-state index in [1.807, 2.05) is 24.3 Å². The Morgan fingerprint density at radius 3 is 2.88 bits per heavy atom. The molecule has 0 bridgehead atoms. The molecule has 4 nitrogen and oxygen atoms in total. The highest BCUT2D eigenvalue weighted by atomic mass is 32.1. The maximum Gasteiger partial charge on any atom is 0.125 e. The van der Waals surface area contributed by atoms with Crippen molar-refractivity contribution in [2.45, 2.75) is 6.42 Å². The van der Waals surface area contributed by atoms with Gasteiger partial charge in [-0.1, -0.05) is 12.2 Å². The Kier molecular flexibility index (Phi) is 3.72. The summed E-state index contributed by atoms with van der Waals surface area (Å²) < 4.78 is 5.23. The molecular formula is C12H13N3OS. The molecule has 2 aromatic heterocycles. The van der Waals surface area contributed by atoms with Gasteiger partial charge in [0.15, 0.2) is 0 Å². The highest BCUT2D eigenvalue weighted by molar-refractivity contribution is 7.80. The number of pyridine rings is 1. The number of rotatable bonds is 5. The topological polar surface area (TPSA) is 64.1 Å². The number of aromatic nitrogens is 1. The number of nitrogens with two attached hydrogens (primary N) is 1. The van der Waals surface area contributed by atoms with Crippen molar-refractivity contribution in [3.8, 4) is 0 Å². The Morgan fingerprint density at radius 2 is 2.29 bits per heavy atom. The van der Waals surface area contributed by atoms with Crippen LogP contribution in [-0.4, -0.2) is 16.5 Å². The van der Waals surface area contributed by atoms with Gasteiger partial charge in [0, 0.05) is 24.7 Å². The molecule has 0 saturated heterocycles. The molecule has 0 amide bonds. The normalized spacial score (nSPS) is 10.1. The molecule has 2 aromatic rings. The first-order valence-corrected chi connectivity index (χ1v) is 5.68. The lowest BCUT2D eigenvalue weighted by Gasteiger charge is -2.04. The summed E-state index contributed by atoms with van der Waals surface area (Å²) in [5.74, 6) is 1.76. The average Bonchev–Trinajstić information content (AvgIpc) is 2.83. The van der Waals surface area contributed by atoms with E-state index in [9.17, 15) is 0 Å². The second kappa shape index (κ2) is 5.45. The van der Waals surface area contributed by atoms with Gasteiger partial charge in [-0.25, -0.2) is 4.98 Å². The van der Waals surface area contributed by atoms with Crippen molar-refractivity contribution < 1.29 is 4.42 Å². The van der Waals surface area contributed by atoms with Crippen molar-refractivity contribution in [1.29, 1.82) is 0 Å². The quantitative estimate of drug-likeness (QED) is 0.791. The van der Waals surface area contributed by atoms with E-state index in [0.29, 0.717) is 4.99 Å². The van der Waals surface area contributed by atoms with Crippen LogP contribution in [0.15, 0.2) is 41.1 Å². The van der Waals surface area contributed by atoms with Crippen LogP contribution in [0.25, 0.3) is 0 Å². The van der Waals surface area contributed by atoms with E-state index in [0.717, 1.165) is 30.1 Å². The minimum absolute atomic E-state index is 0.361. The molecule has 0 aliphatic rings. The van der Waals surface area contributed by atoms with E-state index >= 15 is 0 Å². The molecule has 0 atom stereocenters. The summed E-state index contributed by atoms with van der Waals surface area (Å²) in [7, 11) is 0. The first-order valence-electron chi connectivity index (χ1n) is 5.28. The molecule has 0 unspecified atom stereocenters. The fraction of sp³-hybridized carbons (Fsp3) is 0.167. The van der Waals surface area contributed by atoms with Crippen LogP contribution in [-0.2, 0) is 6.42 Å². The molecule has 0 saturated carbocycles. The van der Waals surface area contributed by atoms with Gasteiger partial charge in [0.25, 0.3) is 0 Å². The molecule has 88 valence electrons. The summed E-state index contributed by atoms with van der Waals surface area (Å²) >= 11 is 4.85. The number of nitrogens with zero attached hydrogens (tertiary/aromatic N) is 1. The van der Waals surface area contributed by atoms with Crippen molar-refractivity contribution in [1.82, 2.24) is 4.98 Å². The summed E-state index contributed by atoms with van der Waals surface area (Å²) in [6, 6.07) is 7.54. The number of hydrogen-bond acceptors (Lipinski definition) is 4. The molecule has 2 rings (SSSR count). The Balaban J connectivity index is 1.85. The van der Waals surface area contributed by atoms with Gasteiger partial charge in [0.05, 0.1) is 6.26 Å². The number of furan rings is 1. The summed E-state index contributed by atoms with van der Waals surface area (Å²) in [5, 5.41) is 3.19. The molecule has 3 N–H and O–H groups in total. The molecule has 0 aliphatic heterocycles. The summed E-state index contributed by atoms with van der Waals surface area (Å²) in [6.07, 6.45) is 4.16. The Labute approximate surface area is 105 Å². The van der Waals surface area contributed by atoms with Crippen LogP contribution in [0, 0.1) is 0 Å². The smallest absolute Gasteiger partial charge is 0.125 e. The van der Waals surface area contributed by atoms with Crippen LogP contribution in [0.2, 0.25) is 0 Å². The van der Waals surface area contributed by atoms with Crippen LogP contribution >= 0.6 is 12.2 Å². The maximum atomic E-state index is 5.49. The molecule has 2 heterocycles. The molecule has 17 heavy (non-hydrogen) atoms. The van der Waals surface area contributed by atoms with Crippen molar-refractivity contribution in [2.75, 3.05) is 11.9 Å². The van der Waals surface area contributed by atoms with Crippen LogP contribution < -0.4 is 11.1 Å². The van der Waals surface area contributed by atoms with E-state index < -0.39 is 0 Å². The molecule has 0 radical (unpaired) electrons. The van der Waals surface area contributed by atoms with Gasteiger partial charge in [0.2, 0.25) is 0 Å². The fourth-order valence-electron chi connectivity index (χ4n) is 1.41. The van der Waals surface area contributed by atoms with E-state index in [2.05, 4.69) is 10.3 Å². The Morgan fingerprint density at radius 1 is 1.41 bits per heavy atom. The first kappa shape index (κ1) is 11.6. The van der Waals surface area contributed by atoms with Crippen molar-refractivity contribution in [2.24, 2.45) is 5.73 Å². The van der Waals surface area contributed by atoms with Gasteiger partial charge in [-0.2, -0.15) is 0 Å². The molecule has 0 spiro atoms. The lowest BCUT2D eigenvalue weighted by atomic mass is 10.3. The van der Waals surface area contributed by atoms with E-state index in [1.54, 1.807) is 12.5 Å². The highest BCUT2D eigenvalue weighted by Crippen LogP contribution is 2.06. The third-order valence-electron chi connectivity index (χ3n) is 2.31. The summed E-state index contributed by atoms with van der Waals surface area (Å²) in [4.78, 5) is 4.57. The predicted octanol–water partition coefficient (Wildman–Crippen LogP) is 1.96. The fourth-order valence-corrected chi connectivity index (χ4v) is 1.53. The van der Waals surface area contributed by atoms with Crippen LogP contribution in [0.1, 0.15) is 11.3 Å². The lowest BCUT2D eigenvalue weighted by molar-refractivity contribution is 0.513. The van der Waals surface area contributed by atoms with Gasteiger partial charge in [-0.05, 0) is 24.3 Å². The second-order valence-electron chi connectivity index (χ2n) is 3.55. The third-order valence-corrected chi connectivity index (χ3v) is 2.54. The van der Waals surface area contributed by atoms with Crippen molar-refractivity contribution >= 4 is 23.0 Å². The molecular weight excluding hydrogens is 234 g/mol. The van der Waals surface area contributed by atoms with Crippen molar-refractivity contribution in [3.63, 3.8) is 0 Å². The first-order chi connectivity index (χ1) is 8.25. The standard InChI is InChI=1S/C12H13N3OS/c13-12(17)9-3-4-11(15-8-9)14-6-5-10-2-1-7-16-10/h1-4,7-8H,5-6H2,(H2,13,17)(H,14,15). The maximum absolute atomic E-state index is 5.49. The molecule has 5 heteroatoms. The predicted molar refractivity (Wildman–Crippen MR) is 71.0 cm³/mol. The Bertz CT molecular complexity index is 479. The van der Waals surface area contributed by atoms with Crippen molar-refractivity contribution in [3.05, 3.63) is 48.0 Å². The zero-order chi connectivity index (χ0) is 12.1. The third kappa shape index (κ3) is 3.29. The molecule has 0 fully saturated rings. The average molecular weight is 247 g/mol. The largest absolute Gasteiger partial charge is 0.469 e. The number of anilines is 1. The number of nitrogens with one attached hydrogen (secondary N) is 1. The highest BCUT2D eigenvalue weighted by Gasteiger charge is 1.99. The van der Waals surface area contributed by atoms with Gasteiger partial charge in [-0.15, -0.1) is 0 Å². The lowest BCUT2D eigenvalue weighted by Crippen LogP contribution is -2.11. The second-order valence-corrected chi connectivity index (χ2v) is 3.99. The van der Waals surface area contributed by atoms with Crippen LogP contribution in [0.3, 0.4) is 0 Å². The van der Waals surface area contributed by atoms with Crippen LogP contribution in [0.5, 0.6) is 0 Å². The zero-order valence-electron chi connectivity index (χ0n) is 9.22. The van der Waals surface area contributed by atoms with E-state index in [1.165, 1.54) is 0 Å². The monoisotopic (exact) mass is 247 g/mol. The Hall–Kier alpha value is -1.88. The SMILES string of the molecule is NC(=S)c1ccc(NCCc2ccco2)nc1.